The van der Waals surface area contributed by atoms with E-state index < -0.39 is 0 Å². The fraction of sp³-hybridized carbons (Fsp3) is 0. The van der Waals surface area contributed by atoms with Gasteiger partial charge in [-0.25, -0.2) is 15.0 Å². The van der Waals surface area contributed by atoms with Gasteiger partial charge >= 0.3 is 0 Å². The quantitative estimate of drug-likeness (QED) is 0.210. The molecule has 196 valence electrons. The second-order valence-corrected chi connectivity index (χ2v) is 10.3. The third-order valence-corrected chi connectivity index (χ3v) is 7.73. The molecule has 0 aliphatic rings. The van der Waals surface area contributed by atoms with Gasteiger partial charge in [-0.15, -0.1) is 0 Å². The number of rotatable bonds is 4. The molecule has 0 amide bonds. The highest BCUT2D eigenvalue weighted by atomic mass is 15.0. The summed E-state index contributed by atoms with van der Waals surface area (Å²) in [5.74, 6) is 1.85. The lowest BCUT2D eigenvalue weighted by Gasteiger charge is -2.12. The SMILES string of the molecule is c1ccc(-c2cccc(-c3nc(-c4ccccc4)nc(-c4cnc5c6ccccc6c6ccccc6c5c4)n3)c2)cc1. The van der Waals surface area contributed by atoms with Crippen LogP contribution in [0.5, 0.6) is 0 Å². The molecule has 2 heterocycles. The molecule has 0 saturated carbocycles. The van der Waals surface area contributed by atoms with E-state index in [0.717, 1.165) is 49.5 Å². The Hall–Kier alpha value is -5.74. The fourth-order valence-corrected chi connectivity index (χ4v) is 5.70. The third kappa shape index (κ3) is 4.18. The Morgan fingerprint density at radius 2 is 0.786 bits per heavy atom. The van der Waals surface area contributed by atoms with Gasteiger partial charge in [0.15, 0.2) is 17.5 Å². The second kappa shape index (κ2) is 10.0. The van der Waals surface area contributed by atoms with Gasteiger partial charge in [0.25, 0.3) is 0 Å². The van der Waals surface area contributed by atoms with Gasteiger partial charge in [-0.05, 0) is 39.4 Å². The van der Waals surface area contributed by atoms with Gasteiger partial charge in [-0.1, -0.05) is 127 Å². The van der Waals surface area contributed by atoms with E-state index in [1.807, 2.05) is 42.6 Å². The van der Waals surface area contributed by atoms with E-state index in [-0.39, 0.29) is 0 Å². The van der Waals surface area contributed by atoms with Crippen molar-refractivity contribution in [3.8, 4) is 45.3 Å². The minimum Gasteiger partial charge on any atom is -0.255 e. The Bertz CT molecular complexity index is 2210. The van der Waals surface area contributed by atoms with Gasteiger partial charge in [0.2, 0.25) is 0 Å². The summed E-state index contributed by atoms with van der Waals surface area (Å²) in [5.41, 5.74) is 5.95. The molecule has 4 nitrogen and oxygen atoms in total. The van der Waals surface area contributed by atoms with Crippen LogP contribution in [0.1, 0.15) is 0 Å². The number of pyridine rings is 1. The number of aromatic nitrogens is 4. The first kappa shape index (κ1) is 24.1. The Morgan fingerprint density at radius 3 is 1.48 bits per heavy atom. The Balaban J connectivity index is 1.35. The first-order valence-electron chi connectivity index (χ1n) is 14.0. The van der Waals surface area contributed by atoms with Crippen molar-refractivity contribution in [2.75, 3.05) is 0 Å². The minimum absolute atomic E-state index is 0.593. The van der Waals surface area contributed by atoms with Crippen molar-refractivity contribution in [3.63, 3.8) is 0 Å². The molecule has 0 atom stereocenters. The molecule has 0 fully saturated rings. The molecule has 0 radical (unpaired) electrons. The highest BCUT2D eigenvalue weighted by Gasteiger charge is 2.15. The maximum Gasteiger partial charge on any atom is 0.165 e. The molecule has 0 saturated heterocycles. The third-order valence-electron chi connectivity index (χ3n) is 7.73. The van der Waals surface area contributed by atoms with Crippen molar-refractivity contribution in [2.45, 2.75) is 0 Å². The van der Waals surface area contributed by atoms with Crippen LogP contribution in [0.4, 0.5) is 0 Å². The van der Waals surface area contributed by atoms with Crippen LogP contribution in [0.3, 0.4) is 0 Å². The number of hydrogen-bond donors (Lipinski definition) is 0. The zero-order valence-electron chi connectivity index (χ0n) is 22.6. The minimum atomic E-state index is 0.593. The van der Waals surface area contributed by atoms with Crippen LogP contribution in [-0.2, 0) is 0 Å². The molecule has 6 aromatic carbocycles. The number of fused-ring (bicyclic) bond motifs is 6. The zero-order chi connectivity index (χ0) is 27.9. The zero-order valence-corrected chi connectivity index (χ0v) is 22.6. The van der Waals surface area contributed by atoms with Crippen LogP contribution in [0.25, 0.3) is 77.7 Å². The fourth-order valence-electron chi connectivity index (χ4n) is 5.70. The highest BCUT2D eigenvalue weighted by Crippen LogP contribution is 2.36. The lowest BCUT2D eigenvalue weighted by Crippen LogP contribution is -2.00. The second-order valence-electron chi connectivity index (χ2n) is 10.3. The summed E-state index contributed by atoms with van der Waals surface area (Å²) in [6.07, 6.45) is 1.89. The van der Waals surface area contributed by atoms with Crippen molar-refractivity contribution in [2.24, 2.45) is 0 Å². The number of benzene rings is 6. The molecule has 8 aromatic rings. The molecule has 42 heavy (non-hydrogen) atoms. The summed E-state index contributed by atoms with van der Waals surface area (Å²) < 4.78 is 0. The molecule has 0 bridgehead atoms. The molecule has 4 heteroatoms. The average Bonchev–Trinajstić information content (AvgIpc) is 3.09. The normalized spacial score (nSPS) is 11.3. The van der Waals surface area contributed by atoms with Crippen molar-refractivity contribution in [1.82, 2.24) is 19.9 Å². The average molecular weight is 537 g/mol. The molecule has 0 spiro atoms. The monoisotopic (exact) mass is 536 g/mol. The highest BCUT2D eigenvalue weighted by molar-refractivity contribution is 6.24. The lowest BCUT2D eigenvalue weighted by molar-refractivity contribution is 1.07. The first-order valence-corrected chi connectivity index (χ1v) is 14.0. The molecule has 0 aliphatic carbocycles. The number of hydrogen-bond acceptors (Lipinski definition) is 4. The van der Waals surface area contributed by atoms with Crippen LogP contribution in [0.2, 0.25) is 0 Å². The summed E-state index contributed by atoms with van der Waals surface area (Å²) in [5, 5.41) is 5.79. The summed E-state index contributed by atoms with van der Waals surface area (Å²) in [7, 11) is 0. The summed E-state index contributed by atoms with van der Waals surface area (Å²) >= 11 is 0. The molecular weight excluding hydrogens is 512 g/mol. The van der Waals surface area contributed by atoms with Crippen molar-refractivity contribution < 1.29 is 0 Å². The van der Waals surface area contributed by atoms with Gasteiger partial charge in [0, 0.05) is 33.7 Å². The molecule has 2 aromatic heterocycles. The van der Waals surface area contributed by atoms with Gasteiger partial charge in [0.05, 0.1) is 5.52 Å². The molecule has 0 unspecified atom stereocenters. The van der Waals surface area contributed by atoms with Crippen LogP contribution in [0.15, 0.2) is 146 Å². The summed E-state index contributed by atoms with van der Waals surface area (Å²) in [4.78, 5) is 19.9. The smallest absolute Gasteiger partial charge is 0.165 e. The van der Waals surface area contributed by atoms with Crippen LogP contribution < -0.4 is 0 Å². The maximum atomic E-state index is 5.02. The Kier molecular flexibility index (Phi) is 5.75. The molecular formula is C38H24N4. The van der Waals surface area contributed by atoms with Crippen molar-refractivity contribution in [3.05, 3.63) is 146 Å². The predicted octanol–water partition coefficient (Wildman–Crippen LogP) is 9.39. The van der Waals surface area contributed by atoms with E-state index in [2.05, 4.69) is 103 Å². The Morgan fingerprint density at radius 1 is 0.310 bits per heavy atom. The first-order chi connectivity index (χ1) is 20.8. The van der Waals surface area contributed by atoms with E-state index in [9.17, 15) is 0 Å². The molecule has 0 aliphatic heterocycles. The van der Waals surface area contributed by atoms with Crippen LogP contribution in [-0.4, -0.2) is 19.9 Å². The van der Waals surface area contributed by atoms with E-state index in [0.29, 0.717) is 17.5 Å². The van der Waals surface area contributed by atoms with E-state index in [1.54, 1.807) is 0 Å². The predicted molar refractivity (Wildman–Crippen MR) is 172 cm³/mol. The number of nitrogens with zero attached hydrogens (tertiary/aromatic N) is 4. The van der Waals surface area contributed by atoms with Gasteiger partial charge in [-0.3, -0.25) is 4.98 Å². The topological polar surface area (TPSA) is 51.6 Å². The summed E-state index contributed by atoms with van der Waals surface area (Å²) in [6, 6.07) is 47.9. The van der Waals surface area contributed by atoms with Crippen LogP contribution in [0, 0.1) is 0 Å². The lowest BCUT2D eigenvalue weighted by atomic mass is 9.96. The maximum absolute atomic E-state index is 5.02. The van der Waals surface area contributed by atoms with E-state index in [4.69, 9.17) is 19.9 Å². The van der Waals surface area contributed by atoms with Crippen LogP contribution >= 0.6 is 0 Å². The Labute approximate surface area is 243 Å². The molecule has 8 rings (SSSR count). The largest absolute Gasteiger partial charge is 0.255 e. The van der Waals surface area contributed by atoms with E-state index in [1.165, 1.54) is 10.8 Å². The van der Waals surface area contributed by atoms with Gasteiger partial charge in [0.1, 0.15) is 0 Å². The van der Waals surface area contributed by atoms with E-state index >= 15 is 0 Å². The summed E-state index contributed by atoms with van der Waals surface area (Å²) in [6.45, 7) is 0. The molecule has 0 N–H and O–H groups in total. The standard InChI is InChI=1S/C38H24N4/c1-3-12-25(13-4-1)27-16-11-17-28(22-27)37-40-36(26-14-5-2-6-15-26)41-38(42-37)29-23-34-32-20-8-7-18-30(32)31-19-9-10-21-33(31)35(34)39-24-29/h1-24H. The van der Waals surface area contributed by atoms with Crippen molar-refractivity contribution in [1.29, 1.82) is 0 Å². The van der Waals surface area contributed by atoms with Crippen molar-refractivity contribution >= 4 is 32.4 Å². The van der Waals surface area contributed by atoms with Gasteiger partial charge < -0.3 is 0 Å². The van der Waals surface area contributed by atoms with Gasteiger partial charge in [-0.2, -0.15) is 0 Å².